The van der Waals surface area contributed by atoms with Gasteiger partial charge in [-0.3, -0.25) is 9.78 Å². The monoisotopic (exact) mass is 373 g/mol. The van der Waals surface area contributed by atoms with Gasteiger partial charge in [0.2, 0.25) is 0 Å². The first-order chi connectivity index (χ1) is 9.82. The number of likely N-dealkylation sites (tertiary alicyclic amines) is 1. The Balaban J connectivity index is 0.00000242. The van der Waals surface area contributed by atoms with Crippen LogP contribution in [0.4, 0.5) is 13.2 Å². The SMILES string of the molecule is CC1CCN(C(=O)c2ccc(C(F)(F)F)nc2)C(CN)C1.Cl.Cl. The average Bonchev–Trinajstić information content (AvgIpc) is 2.45. The van der Waals surface area contributed by atoms with Crippen LogP contribution in [0.5, 0.6) is 0 Å². The van der Waals surface area contributed by atoms with Crippen LogP contribution >= 0.6 is 24.8 Å². The highest BCUT2D eigenvalue weighted by molar-refractivity contribution is 5.94. The van der Waals surface area contributed by atoms with Crippen LogP contribution in [0.2, 0.25) is 0 Å². The number of nitrogens with zero attached hydrogens (tertiary/aromatic N) is 2. The van der Waals surface area contributed by atoms with Crippen LogP contribution < -0.4 is 5.73 Å². The molecule has 2 heterocycles. The summed E-state index contributed by atoms with van der Waals surface area (Å²) in [5.74, 6) is 0.187. The van der Waals surface area contributed by atoms with E-state index >= 15 is 0 Å². The zero-order valence-corrected chi connectivity index (χ0v) is 14.2. The van der Waals surface area contributed by atoms with Crippen molar-refractivity contribution in [1.29, 1.82) is 0 Å². The number of piperidine rings is 1. The smallest absolute Gasteiger partial charge is 0.334 e. The van der Waals surface area contributed by atoms with Gasteiger partial charge in [0.05, 0.1) is 5.56 Å². The molecule has 0 spiro atoms. The summed E-state index contributed by atoms with van der Waals surface area (Å²) < 4.78 is 37.4. The Morgan fingerprint density at radius 2 is 2.04 bits per heavy atom. The van der Waals surface area contributed by atoms with E-state index in [4.69, 9.17) is 5.73 Å². The highest BCUT2D eigenvalue weighted by atomic mass is 35.5. The maximum absolute atomic E-state index is 12.5. The van der Waals surface area contributed by atoms with Crippen molar-refractivity contribution >= 4 is 30.7 Å². The van der Waals surface area contributed by atoms with E-state index in [0.29, 0.717) is 19.0 Å². The summed E-state index contributed by atoms with van der Waals surface area (Å²) in [5, 5.41) is 0. The number of alkyl halides is 3. The number of carbonyl (C=O) groups excluding carboxylic acids is 1. The van der Waals surface area contributed by atoms with Crippen molar-refractivity contribution in [1.82, 2.24) is 9.88 Å². The Labute approximate surface area is 145 Å². The van der Waals surface area contributed by atoms with Gasteiger partial charge in [-0.2, -0.15) is 13.2 Å². The first-order valence-corrected chi connectivity index (χ1v) is 6.87. The van der Waals surface area contributed by atoms with E-state index in [1.807, 2.05) is 0 Å². The third-order valence-electron chi connectivity index (χ3n) is 3.81. The molecule has 9 heteroatoms. The fourth-order valence-electron chi connectivity index (χ4n) is 2.60. The number of nitrogens with two attached hydrogens (primary N) is 1. The van der Waals surface area contributed by atoms with E-state index in [1.54, 1.807) is 4.90 Å². The minimum atomic E-state index is -4.50. The summed E-state index contributed by atoms with van der Waals surface area (Å²) in [6.45, 7) is 3.02. The molecule has 23 heavy (non-hydrogen) atoms. The standard InChI is InChI=1S/C14H18F3N3O.2ClH/c1-9-4-5-20(11(6-9)7-18)13(21)10-2-3-12(19-8-10)14(15,16)17;;/h2-3,8-9,11H,4-7,18H2,1H3;2*1H. The van der Waals surface area contributed by atoms with Gasteiger partial charge in [0, 0.05) is 25.3 Å². The summed E-state index contributed by atoms with van der Waals surface area (Å²) in [4.78, 5) is 17.4. The van der Waals surface area contributed by atoms with Crippen molar-refractivity contribution in [3.8, 4) is 0 Å². The molecule has 2 atom stereocenters. The van der Waals surface area contributed by atoms with E-state index in [0.717, 1.165) is 25.1 Å². The predicted octanol–water partition coefficient (Wildman–Crippen LogP) is 3.14. The predicted molar refractivity (Wildman–Crippen MR) is 86.0 cm³/mol. The lowest BCUT2D eigenvalue weighted by Gasteiger charge is -2.38. The first-order valence-electron chi connectivity index (χ1n) is 6.87. The molecule has 1 aliphatic rings. The van der Waals surface area contributed by atoms with Gasteiger partial charge in [0.15, 0.2) is 0 Å². The van der Waals surface area contributed by atoms with Crippen molar-refractivity contribution in [2.45, 2.75) is 32.0 Å². The Morgan fingerprint density at radius 3 is 2.52 bits per heavy atom. The van der Waals surface area contributed by atoms with E-state index in [2.05, 4.69) is 11.9 Å². The van der Waals surface area contributed by atoms with Crippen LogP contribution in [-0.4, -0.2) is 34.9 Å². The molecule has 0 saturated carbocycles. The summed E-state index contributed by atoms with van der Waals surface area (Å²) in [5.41, 5.74) is 4.86. The maximum atomic E-state index is 12.5. The quantitative estimate of drug-likeness (QED) is 0.865. The molecule has 1 saturated heterocycles. The molecule has 1 aliphatic heterocycles. The largest absolute Gasteiger partial charge is 0.433 e. The van der Waals surface area contributed by atoms with Gasteiger partial charge in [0.1, 0.15) is 5.69 Å². The molecule has 2 rings (SSSR count). The maximum Gasteiger partial charge on any atom is 0.433 e. The second kappa shape index (κ2) is 8.70. The van der Waals surface area contributed by atoms with Crippen molar-refractivity contribution in [2.75, 3.05) is 13.1 Å². The van der Waals surface area contributed by atoms with Gasteiger partial charge >= 0.3 is 6.18 Å². The molecule has 2 N–H and O–H groups in total. The second-order valence-corrected chi connectivity index (χ2v) is 5.45. The van der Waals surface area contributed by atoms with Crippen molar-refractivity contribution in [2.24, 2.45) is 11.7 Å². The fraction of sp³-hybridized carbons (Fsp3) is 0.571. The van der Waals surface area contributed by atoms with Gasteiger partial charge in [-0.25, -0.2) is 0 Å². The topological polar surface area (TPSA) is 59.2 Å². The van der Waals surface area contributed by atoms with E-state index in [9.17, 15) is 18.0 Å². The summed E-state index contributed by atoms with van der Waals surface area (Å²) in [7, 11) is 0. The molecule has 0 aliphatic carbocycles. The third kappa shape index (κ3) is 5.22. The van der Waals surface area contributed by atoms with Crippen molar-refractivity contribution in [3.05, 3.63) is 29.6 Å². The molecule has 1 aromatic heterocycles. The molecule has 132 valence electrons. The summed E-state index contributed by atoms with van der Waals surface area (Å²) in [6.07, 6.45) is -1.83. The molecule has 2 unspecified atom stereocenters. The number of hydrogen-bond donors (Lipinski definition) is 1. The number of aromatic nitrogens is 1. The Morgan fingerprint density at radius 1 is 1.39 bits per heavy atom. The van der Waals surface area contributed by atoms with Crippen LogP contribution in [-0.2, 0) is 6.18 Å². The lowest BCUT2D eigenvalue weighted by atomic mass is 9.92. The minimum absolute atomic E-state index is 0. The van der Waals surface area contributed by atoms with Crippen LogP contribution in [0.15, 0.2) is 18.3 Å². The van der Waals surface area contributed by atoms with E-state index in [-0.39, 0.29) is 42.3 Å². The number of amides is 1. The second-order valence-electron chi connectivity index (χ2n) is 5.45. The van der Waals surface area contributed by atoms with Gasteiger partial charge in [0.25, 0.3) is 5.91 Å². The van der Waals surface area contributed by atoms with Gasteiger partial charge in [-0.05, 0) is 30.9 Å². The molecule has 4 nitrogen and oxygen atoms in total. The Kier molecular flexibility index (Phi) is 8.31. The van der Waals surface area contributed by atoms with Crippen LogP contribution in [0, 0.1) is 5.92 Å². The highest BCUT2D eigenvalue weighted by Gasteiger charge is 2.33. The minimum Gasteiger partial charge on any atom is -0.334 e. The number of hydrogen-bond acceptors (Lipinski definition) is 3. The molecular formula is C14H20Cl2F3N3O. The molecule has 0 bridgehead atoms. The fourth-order valence-corrected chi connectivity index (χ4v) is 2.60. The van der Waals surface area contributed by atoms with E-state index < -0.39 is 11.9 Å². The molecule has 0 aromatic carbocycles. The van der Waals surface area contributed by atoms with Gasteiger partial charge < -0.3 is 10.6 Å². The molecular weight excluding hydrogens is 354 g/mol. The Bertz CT molecular complexity index is 511. The zero-order chi connectivity index (χ0) is 15.6. The number of halogens is 5. The molecule has 0 radical (unpaired) electrons. The normalized spacial score (nSPS) is 21.2. The van der Waals surface area contributed by atoms with Crippen LogP contribution in [0.3, 0.4) is 0 Å². The number of carbonyl (C=O) groups is 1. The third-order valence-corrected chi connectivity index (χ3v) is 3.81. The first kappa shape index (κ1) is 21.9. The molecule has 1 aromatic rings. The Hall–Kier alpha value is -1.05. The molecule has 1 amide bonds. The van der Waals surface area contributed by atoms with Gasteiger partial charge in [-0.1, -0.05) is 6.92 Å². The number of rotatable bonds is 2. The lowest BCUT2D eigenvalue weighted by molar-refractivity contribution is -0.141. The van der Waals surface area contributed by atoms with Crippen LogP contribution in [0.1, 0.15) is 35.8 Å². The zero-order valence-electron chi connectivity index (χ0n) is 12.5. The van der Waals surface area contributed by atoms with E-state index in [1.165, 1.54) is 6.07 Å². The lowest BCUT2D eigenvalue weighted by Crippen LogP contribution is -2.49. The average molecular weight is 374 g/mol. The summed E-state index contributed by atoms with van der Waals surface area (Å²) >= 11 is 0. The molecule has 1 fully saturated rings. The van der Waals surface area contributed by atoms with Crippen molar-refractivity contribution in [3.63, 3.8) is 0 Å². The number of pyridine rings is 1. The van der Waals surface area contributed by atoms with Crippen molar-refractivity contribution < 1.29 is 18.0 Å². The highest BCUT2D eigenvalue weighted by Crippen LogP contribution is 2.28. The van der Waals surface area contributed by atoms with Crippen LogP contribution in [0.25, 0.3) is 0 Å². The van der Waals surface area contributed by atoms with Gasteiger partial charge in [-0.15, -0.1) is 24.8 Å². The summed E-state index contributed by atoms with van der Waals surface area (Å²) in [6, 6.07) is 1.93.